The molecule has 0 aliphatic heterocycles. The second-order valence-corrected chi connectivity index (χ2v) is 5.25. The third-order valence-corrected chi connectivity index (χ3v) is 3.58. The van der Waals surface area contributed by atoms with Crippen LogP contribution in [0.2, 0.25) is 0 Å². The first-order chi connectivity index (χ1) is 11.5. The van der Waals surface area contributed by atoms with Crippen molar-refractivity contribution >= 4 is 17.5 Å². The zero-order valence-electron chi connectivity index (χ0n) is 13.5. The van der Waals surface area contributed by atoms with E-state index in [1.807, 2.05) is 31.2 Å². The first-order valence-electron chi connectivity index (χ1n) is 7.44. The van der Waals surface area contributed by atoms with E-state index in [9.17, 15) is 14.0 Å². The maximum atomic E-state index is 12.8. The minimum Gasteiger partial charge on any atom is -0.375 e. The molecule has 0 radical (unpaired) electrons. The molecule has 1 atom stereocenters. The summed E-state index contributed by atoms with van der Waals surface area (Å²) in [7, 11) is 1.54. The summed E-state index contributed by atoms with van der Waals surface area (Å²) >= 11 is 0. The molecular formula is C18H19FN2O3. The number of ether oxygens (including phenoxy) is 1. The third-order valence-electron chi connectivity index (χ3n) is 3.58. The predicted octanol–water partition coefficient (Wildman–Crippen LogP) is 2.58. The van der Waals surface area contributed by atoms with E-state index in [1.165, 1.54) is 24.3 Å². The Hall–Kier alpha value is -2.73. The van der Waals surface area contributed by atoms with Crippen LogP contribution in [0.3, 0.4) is 0 Å². The van der Waals surface area contributed by atoms with Crippen molar-refractivity contribution in [3.8, 4) is 0 Å². The van der Waals surface area contributed by atoms with Crippen LogP contribution in [0.1, 0.15) is 17.2 Å². The largest absolute Gasteiger partial charge is 0.375 e. The van der Waals surface area contributed by atoms with Gasteiger partial charge in [0.2, 0.25) is 0 Å². The average Bonchev–Trinajstić information content (AvgIpc) is 2.58. The minimum absolute atomic E-state index is 0.164. The topological polar surface area (TPSA) is 67.4 Å². The lowest BCUT2D eigenvalue weighted by molar-refractivity contribution is -0.136. The van der Waals surface area contributed by atoms with Crippen LogP contribution >= 0.6 is 0 Å². The number of halogens is 1. The van der Waals surface area contributed by atoms with E-state index in [1.54, 1.807) is 7.11 Å². The highest BCUT2D eigenvalue weighted by Crippen LogP contribution is 2.19. The van der Waals surface area contributed by atoms with Crippen LogP contribution in [-0.4, -0.2) is 25.5 Å². The molecule has 0 fully saturated rings. The SMILES string of the molecule is COC(CNC(=O)C(=O)Nc1ccc(F)cc1)c1ccccc1C. The Morgan fingerprint density at radius 3 is 2.38 bits per heavy atom. The molecule has 0 aliphatic rings. The summed E-state index contributed by atoms with van der Waals surface area (Å²) in [5.41, 5.74) is 2.33. The molecular weight excluding hydrogens is 311 g/mol. The highest BCUT2D eigenvalue weighted by atomic mass is 19.1. The lowest BCUT2D eigenvalue weighted by Gasteiger charge is -2.18. The highest BCUT2D eigenvalue weighted by molar-refractivity contribution is 6.39. The van der Waals surface area contributed by atoms with Crippen molar-refractivity contribution in [3.05, 3.63) is 65.5 Å². The van der Waals surface area contributed by atoms with E-state index >= 15 is 0 Å². The summed E-state index contributed by atoms with van der Waals surface area (Å²) in [4.78, 5) is 23.7. The normalized spacial score (nSPS) is 11.6. The summed E-state index contributed by atoms with van der Waals surface area (Å²) < 4.78 is 18.2. The van der Waals surface area contributed by atoms with Gasteiger partial charge in [0.05, 0.1) is 6.10 Å². The van der Waals surface area contributed by atoms with Crippen LogP contribution in [0.5, 0.6) is 0 Å². The van der Waals surface area contributed by atoms with E-state index in [0.29, 0.717) is 5.69 Å². The number of hydrogen-bond acceptors (Lipinski definition) is 3. The summed E-state index contributed by atoms with van der Waals surface area (Å²) in [5.74, 6) is -2.02. The van der Waals surface area contributed by atoms with E-state index in [4.69, 9.17) is 4.74 Å². The Labute approximate surface area is 139 Å². The zero-order chi connectivity index (χ0) is 17.5. The van der Waals surface area contributed by atoms with Gasteiger partial charge in [0.15, 0.2) is 0 Å². The summed E-state index contributed by atoms with van der Waals surface area (Å²) in [6.45, 7) is 2.11. The molecule has 2 rings (SSSR count). The number of carbonyl (C=O) groups excluding carboxylic acids is 2. The molecule has 0 spiro atoms. The fraction of sp³-hybridized carbons (Fsp3) is 0.222. The quantitative estimate of drug-likeness (QED) is 0.828. The molecule has 2 amide bonds. The van der Waals surface area contributed by atoms with Crippen molar-refractivity contribution in [3.63, 3.8) is 0 Å². The van der Waals surface area contributed by atoms with Gasteiger partial charge in [-0.2, -0.15) is 0 Å². The summed E-state index contributed by atoms with van der Waals surface area (Å²) in [6.07, 6.45) is -0.353. The summed E-state index contributed by atoms with van der Waals surface area (Å²) in [6, 6.07) is 12.8. The van der Waals surface area contributed by atoms with E-state index in [0.717, 1.165) is 11.1 Å². The lowest BCUT2D eigenvalue weighted by atomic mass is 10.0. The van der Waals surface area contributed by atoms with Gasteiger partial charge >= 0.3 is 11.8 Å². The first-order valence-corrected chi connectivity index (χ1v) is 7.44. The van der Waals surface area contributed by atoms with Crippen LogP contribution in [-0.2, 0) is 14.3 Å². The van der Waals surface area contributed by atoms with Crippen molar-refractivity contribution in [2.24, 2.45) is 0 Å². The molecule has 5 nitrogen and oxygen atoms in total. The van der Waals surface area contributed by atoms with Crippen LogP contribution < -0.4 is 10.6 Å². The molecule has 0 saturated carbocycles. The Kier molecular flexibility index (Phi) is 6.03. The second kappa shape index (κ2) is 8.21. The fourth-order valence-electron chi connectivity index (χ4n) is 2.26. The summed E-state index contributed by atoms with van der Waals surface area (Å²) in [5, 5.41) is 4.94. The molecule has 0 saturated heterocycles. The van der Waals surface area contributed by atoms with Gasteiger partial charge in [-0.05, 0) is 42.3 Å². The number of aryl methyl sites for hydroxylation is 1. The molecule has 1 unspecified atom stereocenters. The van der Waals surface area contributed by atoms with Gasteiger partial charge in [-0.25, -0.2) is 4.39 Å². The van der Waals surface area contributed by atoms with Gasteiger partial charge in [-0.15, -0.1) is 0 Å². The molecule has 2 aromatic carbocycles. The molecule has 0 aliphatic carbocycles. The Bertz CT molecular complexity index is 716. The van der Waals surface area contributed by atoms with Crippen molar-refractivity contribution in [2.45, 2.75) is 13.0 Å². The van der Waals surface area contributed by atoms with Crippen LogP contribution in [0, 0.1) is 12.7 Å². The molecule has 126 valence electrons. The lowest BCUT2D eigenvalue weighted by Crippen LogP contribution is -2.38. The minimum atomic E-state index is -0.818. The van der Waals surface area contributed by atoms with Crippen LogP contribution in [0.4, 0.5) is 10.1 Å². The van der Waals surface area contributed by atoms with Gasteiger partial charge in [-0.1, -0.05) is 24.3 Å². The Balaban J connectivity index is 1.92. The number of benzene rings is 2. The third kappa shape index (κ3) is 4.63. The number of rotatable bonds is 5. The molecule has 6 heteroatoms. The number of hydrogen-bond donors (Lipinski definition) is 2. The highest BCUT2D eigenvalue weighted by Gasteiger charge is 2.18. The zero-order valence-corrected chi connectivity index (χ0v) is 13.5. The Morgan fingerprint density at radius 1 is 1.08 bits per heavy atom. The standard InChI is InChI=1S/C18H19FN2O3/c1-12-5-3-4-6-15(12)16(24-2)11-20-17(22)18(23)21-14-9-7-13(19)8-10-14/h3-10,16H,11H2,1-2H3,(H,20,22)(H,21,23). The maximum Gasteiger partial charge on any atom is 0.313 e. The molecule has 24 heavy (non-hydrogen) atoms. The molecule has 2 aromatic rings. The Morgan fingerprint density at radius 2 is 1.75 bits per heavy atom. The van der Waals surface area contributed by atoms with Gasteiger partial charge < -0.3 is 15.4 Å². The van der Waals surface area contributed by atoms with Crippen LogP contribution in [0.25, 0.3) is 0 Å². The van der Waals surface area contributed by atoms with Crippen molar-refractivity contribution in [2.75, 3.05) is 19.0 Å². The maximum absolute atomic E-state index is 12.8. The van der Waals surface area contributed by atoms with Crippen LogP contribution in [0.15, 0.2) is 48.5 Å². The van der Waals surface area contributed by atoms with E-state index in [2.05, 4.69) is 10.6 Å². The number of anilines is 1. The van der Waals surface area contributed by atoms with Crippen molar-refractivity contribution in [1.29, 1.82) is 0 Å². The number of methoxy groups -OCH3 is 1. The van der Waals surface area contributed by atoms with Gasteiger partial charge in [0.1, 0.15) is 5.82 Å². The monoisotopic (exact) mass is 330 g/mol. The number of nitrogens with one attached hydrogen (secondary N) is 2. The van der Waals surface area contributed by atoms with Crippen molar-refractivity contribution in [1.82, 2.24) is 5.32 Å². The average molecular weight is 330 g/mol. The predicted molar refractivity (Wildman–Crippen MR) is 89.0 cm³/mol. The second-order valence-electron chi connectivity index (χ2n) is 5.25. The molecule has 2 N–H and O–H groups in total. The molecule has 0 heterocycles. The van der Waals surface area contributed by atoms with Gasteiger partial charge in [0.25, 0.3) is 0 Å². The number of carbonyl (C=O) groups is 2. The van der Waals surface area contributed by atoms with E-state index < -0.39 is 17.6 Å². The number of amides is 2. The van der Waals surface area contributed by atoms with E-state index in [-0.39, 0.29) is 12.6 Å². The van der Waals surface area contributed by atoms with Gasteiger partial charge in [-0.3, -0.25) is 9.59 Å². The first kappa shape index (κ1) is 17.6. The molecule has 0 bridgehead atoms. The van der Waals surface area contributed by atoms with Gasteiger partial charge in [0, 0.05) is 19.3 Å². The smallest absolute Gasteiger partial charge is 0.313 e. The van der Waals surface area contributed by atoms with Crippen molar-refractivity contribution < 1.29 is 18.7 Å². The fourth-order valence-corrected chi connectivity index (χ4v) is 2.26. The molecule has 0 aromatic heterocycles.